The highest BCUT2D eigenvalue weighted by Gasteiger charge is 2.29. The molecular weight excluding hydrogens is 306 g/mol. The van der Waals surface area contributed by atoms with Gasteiger partial charge in [-0.3, -0.25) is 0 Å². The molecule has 0 radical (unpaired) electrons. The molecule has 1 aromatic heterocycles. The van der Waals surface area contributed by atoms with E-state index in [1.807, 2.05) is 12.4 Å². The summed E-state index contributed by atoms with van der Waals surface area (Å²) in [6.07, 6.45) is 3.33. The van der Waals surface area contributed by atoms with E-state index in [2.05, 4.69) is 10.2 Å². The van der Waals surface area contributed by atoms with E-state index < -0.39 is 10.0 Å². The molecule has 5 nitrogen and oxygen atoms in total. The summed E-state index contributed by atoms with van der Waals surface area (Å²) in [5, 5.41) is 5.30. The van der Waals surface area contributed by atoms with Crippen LogP contribution in [-0.2, 0) is 16.6 Å². The molecular formula is C14H23N3O2S2. The molecule has 0 amide bonds. The highest BCUT2D eigenvalue weighted by molar-refractivity contribution is 7.89. The Balaban J connectivity index is 1.75. The third-order valence-electron chi connectivity index (χ3n) is 4.13. The molecule has 1 saturated heterocycles. The van der Waals surface area contributed by atoms with Crippen molar-refractivity contribution in [3.8, 4) is 0 Å². The van der Waals surface area contributed by atoms with Crippen LogP contribution in [0.15, 0.2) is 16.3 Å². The van der Waals surface area contributed by atoms with Gasteiger partial charge in [0, 0.05) is 37.1 Å². The first kappa shape index (κ1) is 15.4. The van der Waals surface area contributed by atoms with E-state index in [9.17, 15) is 8.42 Å². The van der Waals surface area contributed by atoms with E-state index in [4.69, 9.17) is 0 Å². The molecule has 2 fully saturated rings. The van der Waals surface area contributed by atoms with Gasteiger partial charge in [0.05, 0.1) is 4.90 Å². The first-order chi connectivity index (χ1) is 10.1. The topological polar surface area (TPSA) is 52.7 Å². The van der Waals surface area contributed by atoms with Gasteiger partial charge in [-0.2, -0.15) is 4.31 Å². The predicted octanol–water partition coefficient (Wildman–Crippen LogP) is 1.33. The van der Waals surface area contributed by atoms with Crippen molar-refractivity contribution in [2.24, 2.45) is 0 Å². The SMILES string of the molecule is CN1CCCN(S(=O)(=O)c2ccsc2CNC2CC2)CC1. The van der Waals surface area contributed by atoms with Gasteiger partial charge < -0.3 is 10.2 Å². The maximum Gasteiger partial charge on any atom is 0.244 e. The first-order valence-corrected chi connectivity index (χ1v) is 9.88. The minimum Gasteiger partial charge on any atom is -0.309 e. The van der Waals surface area contributed by atoms with Crippen LogP contribution < -0.4 is 5.32 Å². The van der Waals surface area contributed by atoms with E-state index in [1.165, 1.54) is 24.2 Å². The van der Waals surface area contributed by atoms with Gasteiger partial charge in [0.1, 0.15) is 0 Å². The fourth-order valence-electron chi connectivity index (χ4n) is 2.61. The number of rotatable bonds is 5. The number of thiophene rings is 1. The number of nitrogens with one attached hydrogen (secondary N) is 1. The lowest BCUT2D eigenvalue weighted by Crippen LogP contribution is -2.35. The predicted molar refractivity (Wildman–Crippen MR) is 85.1 cm³/mol. The molecule has 1 aliphatic heterocycles. The number of hydrogen-bond donors (Lipinski definition) is 1. The van der Waals surface area contributed by atoms with Crippen LogP contribution in [0.2, 0.25) is 0 Å². The lowest BCUT2D eigenvalue weighted by atomic mass is 10.4. The number of nitrogens with zero attached hydrogens (tertiary/aromatic N) is 2. The fraction of sp³-hybridized carbons (Fsp3) is 0.714. The zero-order chi connectivity index (χ0) is 14.9. The smallest absolute Gasteiger partial charge is 0.244 e. The normalized spacial score (nSPS) is 22.3. The molecule has 0 aromatic carbocycles. The van der Waals surface area contributed by atoms with Crippen LogP contribution in [0.25, 0.3) is 0 Å². The Morgan fingerprint density at radius 3 is 2.86 bits per heavy atom. The van der Waals surface area contributed by atoms with Crippen molar-refractivity contribution in [1.29, 1.82) is 0 Å². The molecule has 3 rings (SSSR count). The van der Waals surface area contributed by atoms with Crippen molar-refractivity contribution in [2.75, 3.05) is 33.2 Å². The van der Waals surface area contributed by atoms with Gasteiger partial charge in [-0.25, -0.2) is 8.42 Å². The van der Waals surface area contributed by atoms with Crippen LogP contribution in [0.3, 0.4) is 0 Å². The summed E-state index contributed by atoms with van der Waals surface area (Å²) in [6.45, 7) is 3.65. The second-order valence-corrected chi connectivity index (χ2v) is 8.83. The molecule has 0 bridgehead atoms. The highest BCUT2D eigenvalue weighted by Crippen LogP contribution is 2.27. The van der Waals surface area contributed by atoms with Gasteiger partial charge in [-0.1, -0.05) is 0 Å². The second-order valence-electron chi connectivity index (χ2n) is 5.92. The zero-order valence-corrected chi connectivity index (χ0v) is 14.0. The maximum atomic E-state index is 12.9. The molecule has 0 unspecified atom stereocenters. The summed E-state index contributed by atoms with van der Waals surface area (Å²) in [4.78, 5) is 3.64. The lowest BCUT2D eigenvalue weighted by molar-refractivity contribution is 0.347. The van der Waals surface area contributed by atoms with Crippen molar-refractivity contribution in [3.63, 3.8) is 0 Å². The van der Waals surface area contributed by atoms with Crippen LogP contribution in [0.5, 0.6) is 0 Å². The Bertz CT molecular complexity index is 581. The molecule has 0 spiro atoms. The van der Waals surface area contributed by atoms with Crippen LogP contribution in [0, 0.1) is 0 Å². The molecule has 1 aromatic rings. The van der Waals surface area contributed by atoms with Gasteiger partial charge in [0.2, 0.25) is 10.0 Å². The van der Waals surface area contributed by atoms with Crippen molar-refractivity contribution in [1.82, 2.24) is 14.5 Å². The molecule has 2 aliphatic rings. The molecule has 118 valence electrons. The van der Waals surface area contributed by atoms with E-state index in [0.717, 1.165) is 24.4 Å². The standard InChI is InChI=1S/C14H23N3O2S2/c1-16-6-2-7-17(9-8-16)21(18,19)14-5-10-20-13(14)11-15-12-3-4-12/h5,10,12,15H,2-4,6-9,11H2,1H3. The minimum absolute atomic E-state index is 0.505. The quantitative estimate of drug-likeness (QED) is 0.885. The van der Waals surface area contributed by atoms with E-state index in [-0.39, 0.29) is 0 Å². The number of sulfonamides is 1. The third-order valence-corrected chi connectivity index (χ3v) is 7.16. The monoisotopic (exact) mass is 329 g/mol. The Morgan fingerprint density at radius 2 is 2.10 bits per heavy atom. The zero-order valence-electron chi connectivity index (χ0n) is 12.4. The summed E-state index contributed by atoms with van der Waals surface area (Å²) in [6, 6.07) is 2.35. The largest absolute Gasteiger partial charge is 0.309 e. The summed E-state index contributed by atoms with van der Waals surface area (Å²) >= 11 is 1.54. The molecule has 21 heavy (non-hydrogen) atoms. The van der Waals surface area contributed by atoms with Crippen molar-refractivity contribution in [3.05, 3.63) is 16.3 Å². The molecule has 1 aliphatic carbocycles. The Labute approximate surface area is 131 Å². The Kier molecular flexibility index (Phi) is 4.66. The minimum atomic E-state index is -3.35. The van der Waals surface area contributed by atoms with Crippen molar-refractivity contribution >= 4 is 21.4 Å². The highest BCUT2D eigenvalue weighted by atomic mass is 32.2. The van der Waals surface area contributed by atoms with Gasteiger partial charge >= 0.3 is 0 Å². The molecule has 1 N–H and O–H groups in total. The number of hydrogen-bond acceptors (Lipinski definition) is 5. The molecule has 1 saturated carbocycles. The van der Waals surface area contributed by atoms with Crippen LogP contribution in [0.1, 0.15) is 24.1 Å². The average Bonchev–Trinajstić information content (AvgIpc) is 3.19. The van der Waals surface area contributed by atoms with Crippen LogP contribution >= 0.6 is 11.3 Å². The van der Waals surface area contributed by atoms with Crippen molar-refractivity contribution < 1.29 is 8.42 Å². The van der Waals surface area contributed by atoms with E-state index >= 15 is 0 Å². The summed E-state index contributed by atoms with van der Waals surface area (Å²) in [5.41, 5.74) is 0. The lowest BCUT2D eigenvalue weighted by Gasteiger charge is -2.20. The number of likely N-dealkylation sites (N-methyl/N-ethyl adjacent to an activating group) is 1. The summed E-state index contributed by atoms with van der Waals surface area (Å²) in [7, 11) is -1.30. The average molecular weight is 329 g/mol. The maximum absolute atomic E-state index is 12.9. The second kappa shape index (κ2) is 6.34. The Morgan fingerprint density at radius 1 is 1.29 bits per heavy atom. The van der Waals surface area contributed by atoms with Crippen molar-refractivity contribution in [2.45, 2.75) is 36.7 Å². The van der Waals surface area contributed by atoms with Gasteiger partial charge in [0.25, 0.3) is 0 Å². The summed E-state index contributed by atoms with van der Waals surface area (Å²) in [5.74, 6) is 0. The molecule has 0 atom stereocenters. The van der Waals surface area contributed by atoms with E-state index in [1.54, 1.807) is 10.4 Å². The third kappa shape index (κ3) is 3.65. The van der Waals surface area contributed by atoms with Gasteiger partial charge in [-0.05, 0) is 44.3 Å². The van der Waals surface area contributed by atoms with Gasteiger partial charge in [-0.15, -0.1) is 11.3 Å². The molecule has 7 heteroatoms. The van der Waals surface area contributed by atoms with Crippen LogP contribution in [-0.4, -0.2) is 56.9 Å². The van der Waals surface area contributed by atoms with E-state index in [0.29, 0.717) is 30.6 Å². The Hall–Kier alpha value is -0.470. The fourth-order valence-corrected chi connectivity index (χ4v) is 5.45. The van der Waals surface area contributed by atoms with Crippen LogP contribution in [0.4, 0.5) is 0 Å². The van der Waals surface area contributed by atoms with Gasteiger partial charge in [0.15, 0.2) is 0 Å². The first-order valence-electron chi connectivity index (χ1n) is 7.56. The summed E-state index contributed by atoms with van der Waals surface area (Å²) < 4.78 is 27.4. The molecule has 2 heterocycles.